The van der Waals surface area contributed by atoms with Gasteiger partial charge in [-0.15, -0.1) is 0 Å². The van der Waals surface area contributed by atoms with Crippen LogP contribution in [-0.4, -0.2) is 31.5 Å². The molecule has 1 aromatic rings. The summed E-state index contributed by atoms with van der Waals surface area (Å²) in [4.78, 5) is 12.5. The zero-order chi connectivity index (χ0) is 13.9. The van der Waals surface area contributed by atoms with E-state index in [1.807, 2.05) is 0 Å². The molecule has 0 radical (unpaired) electrons. The number of benzene rings is 1. The van der Waals surface area contributed by atoms with Crippen LogP contribution in [-0.2, 0) is 11.0 Å². The van der Waals surface area contributed by atoms with Gasteiger partial charge in [0, 0.05) is 25.8 Å². The summed E-state index contributed by atoms with van der Waals surface area (Å²) in [7, 11) is 3.04. The molecule has 1 amide bonds. The third-order valence-electron chi connectivity index (χ3n) is 2.12. The van der Waals surface area contributed by atoms with E-state index in [1.54, 1.807) is 0 Å². The first-order valence-corrected chi connectivity index (χ1v) is 5.01. The lowest BCUT2D eigenvalue weighted by molar-refractivity contribution is -0.137. The quantitative estimate of drug-likeness (QED) is 0.844. The van der Waals surface area contributed by atoms with Gasteiger partial charge in [-0.1, -0.05) is 0 Å². The van der Waals surface area contributed by atoms with E-state index in [2.05, 4.69) is 0 Å². The van der Waals surface area contributed by atoms with Gasteiger partial charge in [0.15, 0.2) is 6.61 Å². The molecular formula is C11H13F3N2O2. The van der Waals surface area contributed by atoms with Crippen LogP contribution in [0.1, 0.15) is 5.56 Å². The number of amides is 1. The Balaban J connectivity index is 2.84. The number of ether oxygens (including phenoxy) is 1. The van der Waals surface area contributed by atoms with Crippen LogP contribution in [0.15, 0.2) is 18.2 Å². The number of likely N-dealkylation sites (N-methyl/N-ethyl adjacent to an activating group) is 1. The molecule has 18 heavy (non-hydrogen) atoms. The highest BCUT2D eigenvalue weighted by molar-refractivity contribution is 5.77. The molecular weight excluding hydrogens is 249 g/mol. The number of halogens is 3. The number of nitrogens with zero attached hydrogens (tertiary/aromatic N) is 1. The van der Waals surface area contributed by atoms with Crippen molar-refractivity contribution in [3.8, 4) is 5.75 Å². The fourth-order valence-electron chi connectivity index (χ4n) is 1.14. The average molecular weight is 262 g/mol. The van der Waals surface area contributed by atoms with Crippen molar-refractivity contribution in [1.82, 2.24) is 4.90 Å². The van der Waals surface area contributed by atoms with E-state index in [1.165, 1.54) is 25.1 Å². The van der Waals surface area contributed by atoms with Gasteiger partial charge < -0.3 is 15.4 Å². The van der Waals surface area contributed by atoms with Crippen LogP contribution >= 0.6 is 0 Å². The number of carbonyl (C=O) groups is 1. The topological polar surface area (TPSA) is 55.6 Å². The molecule has 0 aliphatic heterocycles. The first-order chi connectivity index (χ1) is 8.20. The summed E-state index contributed by atoms with van der Waals surface area (Å²) < 4.78 is 42.4. The Morgan fingerprint density at radius 2 is 1.94 bits per heavy atom. The first-order valence-electron chi connectivity index (χ1n) is 5.01. The van der Waals surface area contributed by atoms with E-state index < -0.39 is 11.7 Å². The Kier molecular flexibility index (Phi) is 4.05. The normalized spacial score (nSPS) is 11.2. The Bertz CT molecular complexity index is 444. The number of hydrogen-bond acceptors (Lipinski definition) is 3. The fraction of sp³-hybridized carbons (Fsp3) is 0.364. The molecule has 7 heteroatoms. The van der Waals surface area contributed by atoms with E-state index in [9.17, 15) is 18.0 Å². The van der Waals surface area contributed by atoms with Gasteiger partial charge in [-0.05, 0) is 12.1 Å². The molecule has 0 heterocycles. The van der Waals surface area contributed by atoms with Crippen LogP contribution in [0, 0.1) is 0 Å². The van der Waals surface area contributed by atoms with Crippen LogP contribution in [0.5, 0.6) is 5.75 Å². The predicted octanol–water partition coefficient (Wildman–Crippen LogP) is 1.75. The fourth-order valence-corrected chi connectivity index (χ4v) is 1.14. The van der Waals surface area contributed by atoms with Gasteiger partial charge in [0.25, 0.3) is 5.91 Å². The van der Waals surface area contributed by atoms with Crippen molar-refractivity contribution in [3.63, 3.8) is 0 Å². The summed E-state index contributed by atoms with van der Waals surface area (Å²) >= 11 is 0. The van der Waals surface area contributed by atoms with Crippen molar-refractivity contribution in [2.75, 3.05) is 26.4 Å². The Morgan fingerprint density at radius 3 is 2.44 bits per heavy atom. The van der Waals surface area contributed by atoms with Crippen molar-refractivity contribution in [3.05, 3.63) is 23.8 Å². The number of anilines is 1. The Morgan fingerprint density at radius 1 is 1.33 bits per heavy atom. The zero-order valence-electron chi connectivity index (χ0n) is 9.91. The second-order valence-electron chi connectivity index (χ2n) is 3.87. The number of carbonyl (C=O) groups excluding carboxylic acids is 1. The summed E-state index contributed by atoms with van der Waals surface area (Å²) in [5, 5.41) is 0. The maximum Gasteiger partial charge on any atom is 0.416 e. The van der Waals surface area contributed by atoms with Crippen molar-refractivity contribution in [2.45, 2.75) is 6.18 Å². The van der Waals surface area contributed by atoms with Crippen LogP contribution < -0.4 is 10.5 Å². The van der Waals surface area contributed by atoms with E-state index >= 15 is 0 Å². The first kappa shape index (κ1) is 14.1. The molecule has 100 valence electrons. The molecule has 0 aliphatic rings. The highest BCUT2D eigenvalue weighted by atomic mass is 19.4. The van der Waals surface area contributed by atoms with E-state index in [0.717, 1.165) is 12.1 Å². The number of rotatable bonds is 3. The van der Waals surface area contributed by atoms with Gasteiger partial charge in [0.1, 0.15) is 5.75 Å². The zero-order valence-corrected chi connectivity index (χ0v) is 9.91. The minimum Gasteiger partial charge on any atom is -0.484 e. The van der Waals surface area contributed by atoms with Crippen molar-refractivity contribution < 1.29 is 22.7 Å². The molecule has 2 N–H and O–H groups in total. The lowest BCUT2D eigenvalue weighted by atomic mass is 10.2. The Labute approximate surface area is 102 Å². The predicted molar refractivity (Wildman–Crippen MR) is 60.0 cm³/mol. The smallest absolute Gasteiger partial charge is 0.416 e. The molecule has 0 atom stereocenters. The summed E-state index contributed by atoms with van der Waals surface area (Å²) in [5.41, 5.74) is 4.37. The van der Waals surface area contributed by atoms with Crippen molar-refractivity contribution in [2.24, 2.45) is 0 Å². The minimum absolute atomic E-state index is 0.0721. The van der Waals surface area contributed by atoms with Gasteiger partial charge in [0.05, 0.1) is 5.56 Å². The van der Waals surface area contributed by atoms with Crippen LogP contribution in [0.25, 0.3) is 0 Å². The van der Waals surface area contributed by atoms with Crippen LogP contribution in [0.2, 0.25) is 0 Å². The van der Waals surface area contributed by atoms with E-state index in [0.29, 0.717) is 0 Å². The summed E-state index contributed by atoms with van der Waals surface area (Å²) in [5.74, 6) is -0.441. The molecule has 1 aromatic carbocycles. The maximum absolute atomic E-state index is 12.5. The number of nitrogen functional groups attached to an aromatic ring is 1. The van der Waals surface area contributed by atoms with Gasteiger partial charge in [-0.3, -0.25) is 4.79 Å². The van der Waals surface area contributed by atoms with Gasteiger partial charge in [-0.2, -0.15) is 13.2 Å². The molecule has 0 fully saturated rings. The van der Waals surface area contributed by atoms with Crippen LogP contribution in [0.3, 0.4) is 0 Å². The monoisotopic (exact) mass is 262 g/mol. The molecule has 0 spiro atoms. The number of alkyl halides is 3. The molecule has 4 nitrogen and oxygen atoms in total. The summed E-state index contributed by atoms with van der Waals surface area (Å²) in [6.07, 6.45) is -4.50. The lowest BCUT2D eigenvalue weighted by Crippen LogP contribution is -2.27. The SMILES string of the molecule is CN(C)C(=O)COc1cc(N)cc(C(F)(F)F)c1. The van der Waals surface area contributed by atoms with Gasteiger partial charge >= 0.3 is 6.18 Å². The van der Waals surface area contributed by atoms with Crippen molar-refractivity contribution >= 4 is 11.6 Å². The largest absolute Gasteiger partial charge is 0.484 e. The number of nitrogens with two attached hydrogens (primary N) is 1. The second-order valence-corrected chi connectivity index (χ2v) is 3.87. The minimum atomic E-state index is -4.50. The third kappa shape index (κ3) is 3.83. The van der Waals surface area contributed by atoms with Crippen molar-refractivity contribution in [1.29, 1.82) is 0 Å². The molecule has 0 unspecified atom stereocenters. The Hall–Kier alpha value is -1.92. The molecule has 0 bridgehead atoms. The molecule has 0 aromatic heterocycles. The molecule has 0 saturated heterocycles. The average Bonchev–Trinajstić information content (AvgIpc) is 2.23. The van der Waals surface area contributed by atoms with E-state index in [-0.39, 0.29) is 24.0 Å². The van der Waals surface area contributed by atoms with E-state index in [4.69, 9.17) is 10.5 Å². The molecule has 0 saturated carbocycles. The molecule has 1 rings (SSSR count). The second kappa shape index (κ2) is 5.16. The summed E-state index contributed by atoms with van der Waals surface area (Å²) in [6.45, 7) is -0.340. The molecule has 0 aliphatic carbocycles. The third-order valence-corrected chi connectivity index (χ3v) is 2.12. The number of hydrogen-bond donors (Lipinski definition) is 1. The highest BCUT2D eigenvalue weighted by Crippen LogP contribution is 2.33. The highest BCUT2D eigenvalue weighted by Gasteiger charge is 2.31. The lowest BCUT2D eigenvalue weighted by Gasteiger charge is -2.13. The summed E-state index contributed by atoms with van der Waals surface area (Å²) in [6, 6.07) is 2.85. The maximum atomic E-state index is 12.5. The van der Waals surface area contributed by atoms with Crippen LogP contribution in [0.4, 0.5) is 18.9 Å². The standard InChI is InChI=1S/C11H13F3N2O2/c1-16(2)10(17)6-18-9-4-7(11(12,13)14)3-8(15)5-9/h3-5H,6,15H2,1-2H3. The van der Waals surface area contributed by atoms with Gasteiger partial charge in [-0.25, -0.2) is 0 Å². The van der Waals surface area contributed by atoms with Gasteiger partial charge in [0.2, 0.25) is 0 Å².